The molecule has 0 aromatic rings. The molecule has 1 amide bonds. The van der Waals surface area contributed by atoms with Crippen molar-refractivity contribution in [3.05, 3.63) is 12.3 Å². The van der Waals surface area contributed by atoms with Crippen molar-refractivity contribution in [2.45, 2.75) is 47.1 Å². The van der Waals surface area contributed by atoms with Crippen LogP contribution in [0.3, 0.4) is 0 Å². The Kier molecular flexibility index (Phi) is 2.75. The minimum Gasteiger partial charge on any atom is -0.314 e. The molecule has 0 aromatic carbocycles. The van der Waals surface area contributed by atoms with Gasteiger partial charge in [-0.25, -0.2) is 0 Å². The van der Waals surface area contributed by atoms with Crippen molar-refractivity contribution < 1.29 is 4.79 Å². The second-order valence-electron chi connectivity index (χ2n) is 5.47. The van der Waals surface area contributed by atoms with E-state index >= 15 is 0 Å². The normalized spacial score (nSPS) is 23.9. The Morgan fingerprint density at radius 3 is 2.14 bits per heavy atom. The molecule has 2 heteroatoms. The van der Waals surface area contributed by atoms with Gasteiger partial charge in [0.15, 0.2) is 0 Å². The molecule has 0 bridgehead atoms. The van der Waals surface area contributed by atoms with E-state index in [-0.39, 0.29) is 17.4 Å². The summed E-state index contributed by atoms with van der Waals surface area (Å²) in [5, 5.41) is 0. The molecule has 0 spiro atoms. The number of hydrogen-bond donors (Lipinski definition) is 0. The first-order chi connectivity index (χ1) is 6.25. The van der Waals surface area contributed by atoms with Crippen molar-refractivity contribution in [3.8, 4) is 0 Å². The fourth-order valence-corrected chi connectivity index (χ4v) is 2.14. The highest BCUT2D eigenvalue weighted by molar-refractivity contribution is 5.82. The topological polar surface area (TPSA) is 20.3 Å². The lowest BCUT2D eigenvalue weighted by Gasteiger charge is -2.30. The average molecular weight is 195 g/mol. The second-order valence-corrected chi connectivity index (χ2v) is 5.47. The summed E-state index contributed by atoms with van der Waals surface area (Å²) in [5.74, 6) is 0.530. The van der Waals surface area contributed by atoms with Crippen LogP contribution < -0.4 is 0 Å². The average Bonchev–Trinajstić information content (AvgIpc) is 2.24. The van der Waals surface area contributed by atoms with Gasteiger partial charge in [0.05, 0.1) is 0 Å². The number of amides is 1. The van der Waals surface area contributed by atoms with E-state index in [4.69, 9.17) is 0 Å². The van der Waals surface area contributed by atoms with E-state index in [1.54, 1.807) is 0 Å². The van der Waals surface area contributed by atoms with E-state index in [9.17, 15) is 4.79 Å². The maximum Gasteiger partial charge on any atom is 0.227 e. The molecule has 0 N–H and O–H groups in total. The Hall–Kier alpha value is -0.790. The van der Waals surface area contributed by atoms with E-state index < -0.39 is 0 Å². The number of carbonyl (C=O) groups excluding carboxylic acids is 1. The highest BCUT2D eigenvalue weighted by Gasteiger charge is 2.40. The predicted molar refractivity (Wildman–Crippen MR) is 58.7 cm³/mol. The first kappa shape index (κ1) is 11.3. The molecule has 1 fully saturated rings. The molecule has 0 saturated carbocycles. The van der Waals surface area contributed by atoms with E-state index in [0.29, 0.717) is 12.3 Å². The van der Waals surface area contributed by atoms with Crippen LogP contribution in [-0.2, 0) is 4.79 Å². The highest BCUT2D eigenvalue weighted by atomic mass is 16.2. The lowest BCUT2D eigenvalue weighted by atomic mass is 9.79. The Labute approximate surface area is 87.0 Å². The molecule has 1 saturated heterocycles. The van der Waals surface area contributed by atoms with Gasteiger partial charge in [0.25, 0.3) is 0 Å². The summed E-state index contributed by atoms with van der Waals surface area (Å²) in [4.78, 5) is 13.6. The summed E-state index contributed by atoms with van der Waals surface area (Å²) in [5.41, 5.74) is 1.13. The summed E-state index contributed by atoms with van der Waals surface area (Å²) < 4.78 is 0. The van der Waals surface area contributed by atoms with Crippen molar-refractivity contribution in [2.75, 3.05) is 0 Å². The van der Waals surface area contributed by atoms with Crippen LogP contribution in [0.25, 0.3) is 0 Å². The van der Waals surface area contributed by atoms with Gasteiger partial charge >= 0.3 is 0 Å². The molecule has 80 valence electrons. The minimum absolute atomic E-state index is 0.135. The van der Waals surface area contributed by atoms with Crippen LogP contribution in [0.4, 0.5) is 0 Å². The molecule has 14 heavy (non-hydrogen) atoms. The number of allylic oxidation sites excluding steroid dienone is 1. The standard InChI is InChI=1S/C12H21NO/c1-8(2)13-9(3)10(7-11(13)14)12(4,5)6/h8,10H,3,7H2,1-2,4-6H3. The van der Waals surface area contributed by atoms with Gasteiger partial charge in [-0.2, -0.15) is 0 Å². The quantitative estimate of drug-likeness (QED) is 0.630. The zero-order valence-electron chi connectivity index (χ0n) is 9.92. The van der Waals surface area contributed by atoms with Gasteiger partial charge in [-0.1, -0.05) is 27.4 Å². The summed E-state index contributed by atoms with van der Waals surface area (Å²) in [7, 11) is 0. The zero-order chi connectivity index (χ0) is 11.1. The summed E-state index contributed by atoms with van der Waals surface area (Å²) >= 11 is 0. The SMILES string of the molecule is C=C1C(C(C)(C)C)CC(=O)N1C(C)C. The molecule has 1 aliphatic heterocycles. The molecule has 1 aliphatic rings. The molecular weight excluding hydrogens is 174 g/mol. The fraction of sp³-hybridized carbons (Fsp3) is 0.750. The minimum atomic E-state index is 0.135. The van der Waals surface area contributed by atoms with E-state index in [0.717, 1.165) is 5.70 Å². The smallest absolute Gasteiger partial charge is 0.227 e. The van der Waals surface area contributed by atoms with Crippen LogP contribution in [-0.4, -0.2) is 16.8 Å². The van der Waals surface area contributed by atoms with Crippen LogP contribution in [0.15, 0.2) is 12.3 Å². The molecule has 2 nitrogen and oxygen atoms in total. The molecular formula is C12H21NO. The van der Waals surface area contributed by atoms with Crippen LogP contribution >= 0.6 is 0 Å². The lowest BCUT2D eigenvalue weighted by Crippen LogP contribution is -2.31. The third-order valence-corrected chi connectivity index (χ3v) is 2.92. The van der Waals surface area contributed by atoms with Gasteiger partial charge in [-0.05, 0) is 19.3 Å². The second kappa shape index (κ2) is 3.41. The van der Waals surface area contributed by atoms with Crippen LogP contribution in [0.5, 0.6) is 0 Å². The maximum absolute atomic E-state index is 11.7. The van der Waals surface area contributed by atoms with Gasteiger partial charge < -0.3 is 4.90 Å². The van der Waals surface area contributed by atoms with Crippen molar-refractivity contribution in [1.29, 1.82) is 0 Å². The maximum atomic E-state index is 11.7. The first-order valence-electron chi connectivity index (χ1n) is 5.26. The van der Waals surface area contributed by atoms with Crippen molar-refractivity contribution >= 4 is 5.91 Å². The summed E-state index contributed by atoms with van der Waals surface area (Å²) in [6.45, 7) is 14.6. The van der Waals surface area contributed by atoms with Crippen molar-refractivity contribution in [2.24, 2.45) is 11.3 Å². The zero-order valence-corrected chi connectivity index (χ0v) is 9.92. The number of carbonyl (C=O) groups is 1. The number of hydrogen-bond acceptors (Lipinski definition) is 1. The van der Waals surface area contributed by atoms with Gasteiger partial charge in [-0.3, -0.25) is 4.79 Å². The van der Waals surface area contributed by atoms with Crippen LogP contribution in [0, 0.1) is 11.3 Å². The Balaban J connectivity index is 2.91. The monoisotopic (exact) mass is 195 g/mol. The van der Waals surface area contributed by atoms with Gasteiger partial charge in [0.1, 0.15) is 0 Å². The fourth-order valence-electron chi connectivity index (χ4n) is 2.14. The van der Waals surface area contributed by atoms with Crippen molar-refractivity contribution in [1.82, 2.24) is 4.90 Å². The third-order valence-electron chi connectivity index (χ3n) is 2.92. The van der Waals surface area contributed by atoms with Crippen LogP contribution in [0.1, 0.15) is 41.0 Å². The molecule has 1 heterocycles. The summed E-state index contributed by atoms with van der Waals surface area (Å²) in [6.07, 6.45) is 0.626. The summed E-state index contributed by atoms with van der Waals surface area (Å²) in [6, 6.07) is 0.238. The van der Waals surface area contributed by atoms with Crippen LogP contribution in [0.2, 0.25) is 0 Å². The van der Waals surface area contributed by atoms with Gasteiger partial charge in [0.2, 0.25) is 5.91 Å². The molecule has 1 rings (SSSR count). The molecule has 0 radical (unpaired) electrons. The van der Waals surface area contributed by atoms with E-state index in [2.05, 4.69) is 27.4 Å². The molecule has 1 atom stereocenters. The van der Waals surface area contributed by atoms with Gasteiger partial charge in [-0.15, -0.1) is 0 Å². The third kappa shape index (κ3) is 1.84. The molecule has 0 aliphatic carbocycles. The van der Waals surface area contributed by atoms with Gasteiger partial charge in [0, 0.05) is 24.1 Å². The number of nitrogens with zero attached hydrogens (tertiary/aromatic N) is 1. The Bertz CT molecular complexity index is 260. The highest BCUT2D eigenvalue weighted by Crippen LogP contribution is 2.41. The first-order valence-corrected chi connectivity index (χ1v) is 5.26. The largest absolute Gasteiger partial charge is 0.314 e. The Morgan fingerprint density at radius 1 is 1.43 bits per heavy atom. The Morgan fingerprint density at radius 2 is 1.93 bits per heavy atom. The molecule has 1 unspecified atom stereocenters. The molecule has 0 aromatic heterocycles. The number of likely N-dealkylation sites (tertiary alicyclic amines) is 1. The number of rotatable bonds is 1. The van der Waals surface area contributed by atoms with E-state index in [1.165, 1.54) is 0 Å². The predicted octanol–water partition coefficient (Wildman–Crippen LogP) is 2.80. The van der Waals surface area contributed by atoms with Crippen molar-refractivity contribution in [3.63, 3.8) is 0 Å². The lowest BCUT2D eigenvalue weighted by molar-refractivity contribution is -0.128. The van der Waals surface area contributed by atoms with E-state index in [1.807, 2.05) is 18.7 Å².